The van der Waals surface area contributed by atoms with Crippen molar-refractivity contribution in [3.63, 3.8) is 0 Å². The standard InChI is InChI=1S/C13H18N2O3/c16-10-4-5-12(17)11(8-10)13(18)15-7-1-6-14-9-2-3-9/h4-5,8-9,14,16-17H,1-3,6-7H2,(H,15,18). The van der Waals surface area contributed by atoms with Crippen molar-refractivity contribution in [3.05, 3.63) is 23.8 Å². The Balaban J connectivity index is 1.74. The first-order chi connectivity index (χ1) is 8.66. The second kappa shape index (κ2) is 5.73. The van der Waals surface area contributed by atoms with E-state index in [0.717, 1.165) is 13.0 Å². The predicted octanol–water partition coefficient (Wildman–Crippen LogP) is 0.970. The number of phenols is 2. The van der Waals surface area contributed by atoms with Gasteiger partial charge in [0.15, 0.2) is 0 Å². The van der Waals surface area contributed by atoms with Gasteiger partial charge in [-0.05, 0) is 44.0 Å². The summed E-state index contributed by atoms with van der Waals surface area (Å²) < 4.78 is 0. The highest BCUT2D eigenvalue weighted by Gasteiger charge is 2.19. The highest BCUT2D eigenvalue weighted by Crippen LogP contribution is 2.21. The zero-order chi connectivity index (χ0) is 13.0. The molecule has 0 aromatic heterocycles. The second-order valence-electron chi connectivity index (χ2n) is 4.54. The fourth-order valence-corrected chi connectivity index (χ4v) is 1.69. The van der Waals surface area contributed by atoms with Crippen molar-refractivity contribution in [1.82, 2.24) is 10.6 Å². The van der Waals surface area contributed by atoms with Crippen LogP contribution >= 0.6 is 0 Å². The maximum Gasteiger partial charge on any atom is 0.255 e. The number of hydrogen-bond acceptors (Lipinski definition) is 4. The van der Waals surface area contributed by atoms with Crippen LogP contribution in [0.4, 0.5) is 0 Å². The second-order valence-corrected chi connectivity index (χ2v) is 4.54. The van der Waals surface area contributed by atoms with Crippen LogP contribution in [0.3, 0.4) is 0 Å². The van der Waals surface area contributed by atoms with Crippen LogP contribution in [0.25, 0.3) is 0 Å². The van der Waals surface area contributed by atoms with E-state index in [2.05, 4.69) is 10.6 Å². The van der Waals surface area contributed by atoms with Gasteiger partial charge in [-0.3, -0.25) is 4.79 Å². The maximum atomic E-state index is 11.7. The quantitative estimate of drug-likeness (QED) is 0.448. The summed E-state index contributed by atoms with van der Waals surface area (Å²) in [6.45, 7) is 1.44. The molecule has 1 amide bonds. The summed E-state index contributed by atoms with van der Waals surface area (Å²) in [6.07, 6.45) is 3.36. The number of aromatic hydroxyl groups is 2. The third kappa shape index (κ3) is 3.63. The minimum absolute atomic E-state index is 0.0339. The molecule has 1 aliphatic carbocycles. The molecule has 0 heterocycles. The lowest BCUT2D eigenvalue weighted by molar-refractivity contribution is 0.0950. The van der Waals surface area contributed by atoms with Crippen molar-refractivity contribution in [2.75, 3.05) is 13.1 Å². The summed E-state index contributed by atoms with van der Waals surface area (Å²) >= 11 is 0. The Morgan fingerprint density at radius 2 is 2.06 bits per heavy atom. The first-order valence-electron chi connectivity index (χ1n) is 6.20. The normalized spacial score (nSPS) is 14.4. The molecule has 1 aromatic rings. The molecule has 2 rings (SSSR count). The molecule has 0 aliphatic heterocycles. The van der Waals surface area contributed by atoms with Gasteiger partial charge < -0.3 is 20.8 Å². The van der Waals surface area contributed by atoms with Gasteiger partial charge in [-0.1, -0.05) is 0 Å². The third-order valence-electron chi connectivity index (χ3n) is 2.87. The molecular weight excluding hydrogens is 232 g/mol. The van der Waals surface area contributed by atoms with E-state index in [1.165, 1.54) is 31.0 Å². The molecule has 98 valence electrons. The van der Waals surface area contributed by atoms with Crippen LogP contribution in [-0.2, 0) is 0 Å². The highest BCUT2D eigenvalue weighted by molar-refractivity contribution is 5.97. The first-order valence-corrected chi connectivity index (χ1v) is 6.20. The maximum absolute atomic E-state index is 11.7. The van der Waals surface area contributed by atoms with Crippen LogP contribution in [0.2, 0.25) is 0 Å². The van der Waals surface area contributed by atoms with E-state index in [4.69, 9.17) is 0 Å². The van der Waals surface area contributed by atoms with Crippen molar-refractivity contribution in [1.29, 1.82) is 0 Å². The SMILES string of the molecule is O=C(NCCCNC1CC1)c1cc(O)ccc1O. The minimum atomic E-state index is -0.366. The monoisotopic (exact) mass is 250 g/mol. The van der Waals surface area contributed by atoms with Crippen LogP contribution in [0.1, 0.15) is 29.6 Å². The fraction of sp³-hybridized carbons (Fsp3) is 0.462. The lowest BCUT2D eigenvalue weighted by atomic mass is 10.1. The van der Waals surface area contributed by atoms with Gasteiger partial charge in [0, 0.05) is 12.6 Å². The number of nitrogens with one attached hydrogen (secondary N) is 2. The average Bonchev–Trinajstić information content (AvgIpc) is 3.15. The number of carbonyl (C=O) groups is 1. The number of benzene rings is 1. The van der Waals surface area contributed by atoms with E-state index < -0.39 is 0 Å². The summed E-state index contributed by atoms with van der Waals surface area (Å²) in [5, 5.41) is 24.8. The number of amides is 1. The topological polar surface area (TPSA) is 81.6 Å². The molecule has 0 saturated heterocycles. The Morgan fingerprint density at radius 1 is 1.28 bits per heavy atom. The van der Waals surface area contributed by atoms with Crippen LogP contribution in [0.15, 0.2) is 18.2 Å². The zero-order valence-electron chi connectivity index (χ0n) is 10.1. The van der Waals surface area contributed by atoms with Gasteiger partial charge >= 0.3 is 0 Å². The van der Waals surface area contributed by atoms with Crippen molar-refractivity contribution < 1.29 is 15.0 Å². The summed E-state index contributed by atoms with van der Waals surface area (Å²) in [7, 11) is 0. The van der Waals surface area contributed by atoms with E-state index in [0.29, 0.717) is 12.6 Å². The van der Waals surface area contributed by atoms with Gasteiger partial charge in [0.1, 0.15) is 11.5 Å². The Bertz CT molecular complexity index is 430. The predicted molar refractivity (Wildman–Crippen MR) is 67.7 cm³/mol. The van der Waals surface area contributed by atoms with E-state index >= 15 is 0 Å². The molecule has 0 radical (unpaired) electrons. The highest BCUT2D eigenvalue weighted by atomic mass is 16.3. The van der Waals surface area contributed by atoms with E-state index in [1.807, 2.05) is 0 Å². The molecule has 1 fully saturated rings. The van der Waals surface area contributed by atoms with Crippen molar-refractivity contribution >= 4 is 5.91 Å². The summed E-state index contributed by atoms with van der Waals surface area (Å²) in [6, 6.07) is 4.58. The van der Waals surface area contributed by atoms with Gasteiger partial charge in [-0.15, -0.1) is 0 Å². The zero-order valence-corrected chi connectivity index (χ0v) is 10.1. The van der Waals surface area contributed by atoms with Gasteiger partial charge in [-0.25, -0.2) is 0 Å². The number of hydrogen-bond donors (Lipinski definition) is 4. The van der Waals surface area contributed by atoms with E-state index in [-0.39, 0.29) is 23.0 Å². The molecule has 18 heavy (non-hydrogen) atoms. The summed E-state index contributed by atoms with van der Waals surface area (Å²) in [5.41, 5.74) is 0.102. The molecule has 5 nitrogen and oxygen atoms in total. The lowest BCUT2D eigenvalue weighted by Gasteiger charge is -2.07. The summed E-state index contributed by atoms with van der Waals surface area (Å²) in [4.78, 5) is 11.7. The molecule has 1 aliphatic rings. The third-order valence-corrected chi connectivity index (χ3v) is 2.87. The Hall–Kier alpha value is -1.75. The van der Waals surface area contributed by atoms with Gasteiger partial charge in [0.25, 0.3) is 5.91 Å². The Morgan fingerprint density at radius 3 is 2.78 bits per heavy atom. The Labute approximate surface area is 106 Å². The largest absolute Gasteiger partial charge is 0.508 e. The number of phenolic OH excluding ortho intramolecular Hbond substituents is 2. The van der Waals surface area contributed by atoms with E-state index in [1.54, 1.807) is 0 Å². The van der Waals surface area contributed by atoms with Crippen LogP contribution < -0.4 is 10.6 Å². The van der Waals surface area contributed by atoms with Crippen molar-refractivity contribution in [2.24, 2.45) is 0 Å². The smallest absolute Gasteiger partial charge is 0.255 e. The molecule has 0 unspecified atom stereocenters. The van der Waals surface area contributed by atoms with Crippen LogP contribution in [0, 0.1) is 0 Å². The molecule has 0 atom stereocenters. The summed E-state index contributed by atoms with van der Waals surface area (Å²) in [5.74, 6) is -0.524. The number of rotatable bonds is 6. The molecule has 1 aromatic carbocycles. The first kappa shape index (κ1) is 12.7. The van der Waals surface area contributed by atoms with Gasteiger partial charge in [0.2, 0.25) is 0 Å². The molecule has 4 N–H and O–H groups in total. The van der Waals surface area contributed by atoms with Gasteiger partial charge in [-0.2, -0.15) is 0 Å². The average molecular weight is 250 g/mol. The van der Waals surface area contributed by atoms with Gasteiger partial charge in [0.05, 0.1) is 5.56 Å². The molecule has 0 spiro atoms. The van der Waals surface area contributed by atoms with Crippen molar-refractivity contribution in [2.45, 2.75) is 25.3 Å². The molecular formula is C13H18N2O3. The molecule has 1 saturated carbocycles. The number of carbonyl (C=O) groups excluding carboxylic acids is 1. The Kier molecular flexibility index (Phi) is 4.04. The minimum Gasteiger partial charge on any atom is -0.508 e. The van der Waals surface area contributed by atoms with Crippen molar-refractivity contribution in [3.8, 4) is 11.5 Å². The molecule has 5 heteroatoms. The fourth-order valence-electron chi connectivity index (χ4n) is 1.69. The molecule has 0 bridgehead atoms. The van der Waals surface area contributed by atoms with Crippen LogP contribution in [-0.4, -0.2) is 35.3 Å². The van der Waals surface area contributed by atoms with E-state index in [9.17, 15) is 15.0 Å². The lowest BCUT2D eigenvalue weighted by Crippen LogP contribution is -2.28. The van der Waals surface area contributed by atoms with Crippen LogP contribution in [0.5, 0.6) is 11.5 Å².